The van der Waals surface area contributed by atoms with Gasteiger partial charge in [0.1, 0.15) is 11.6 Å². The Labute approximate surface area is 212 Å². The van der Waals surface area contributed by atoms with Gasteiger partial charge in [0.15, 0.2) is 0 Å². The van der Waals surface area contributed by atoms with Crippen LogP contribution in [0.5, 0.6) is 5.75 Å². The molecule has 1 heterocycles. The topological polar surface area (TPSA) is 64.4 Å². The summed E-state index contributed by atoms with van der Waals surface area (Å²) in [5, 5.41) is 0.506. The van der Waals surface area contributed by atoms with E-state index < -0.39 is 6.04 Å². The van der Waals surface area contributed by atoms with Gasteiger partial charge in [0.2, 0.25) is 0 Å². The van der Waals surface area contributed by atoms with E-state index in [0.29, 0.717) is 40.3 Å². The molecule has 0 radical (unpaired) electrons. The summed E-state index contributed by atoms with van der Waals surface area (Å²) in [7, 11) is 1.57. The molecule has 3 aromatic carbocycles. The maximum absolute atomic E-state index is 13.8. The Morgan fingerprint density at radius 2 is 1.64 bits per heavy atom. The molecule has 0 saturated carbocycles. The molecule has 6 nitrogen and oxygen atoms in total. The molecule has 1 amide bonds. The van der Waals surface area contributed by atoms with Crippen LogP contribution in [0.1, 0.15) is 62.4 Å². The number of amides is 1. The number of ether oxygens (including phenoxy) is 1. The minimum atomic E-state index is -0.480. The third-order valence-corrected chi connectivity index (χ3v) is 6.57. The molecule has 0 fully saturated rings. The maximum Gasteiger partial charge on any atom is 0.266 e. The molecule has 6 heteroatoms. The number of nitrogens with zero attached hydrogens (tertiary/aromatic N) is 3. The van der Waals surface area contributed by atoms with E-state index in [1.807, 2.05) is 80.6 Å². The number of rotatable bonds is 6. The Morgan fingerprint density at radius 3 is 2.28 bits per heavy atom. The Balaban J connectivity index is 1.86. The SMILES string of the molecule is CCN(C(=O)c1ccc(C(C)(C)C)cc1)C(C)c1nc2ccccc2c(=O)n1-c1ccccc1OC. The van der Waals surface area contributed by atoms with Crippen LogP contribution in [0.3, 0.4) is 0 Å². The van der Waals surface area contributed by atoms with E-state index in [1.165, 1.54) is 0 Å². The predicted octanol–water partition coefficient (Wildman–Crippen LogP) is 5.92. The normalized spacial score (nSPS) is 12.4. The summed E-state index contributed by atoms with van der Waals surface area (Å²) in [6, 6.07) is 21.9. The van der Waals surface area contributed by atoms with Crippen molar-refractivity contribution in [1.29, 1.82) is 0 Å². The average molecular weight is 484 g/mol. The first-order valence-electron chi connectivity index (χ1n) is 12.2. The summed E-state index contributed by atoms with van der Waals surface area (Å²) < 4.78 is 7.15. The van der Waals surface area contributed by atoms with Crippen molar-refractivity contribution < 1.29 is 9.53 Å². The van der Waals surface area contributed by atoms with Gasteiger partial charge in [0.05, 0.1) is 29.7 Å². The zero-order valence-electron chi connectivity index (χ0n) is 21.8. The van der Waals surface area contributed by atoms with E-state index in [-0.39, 0.29) is 16.9 Å². The maximum atomic E-state index is 13.8. The van der Waals surface area contributed by atoms with Gasteiger partial charge in [0.25, 0.3) is 11.5 Å². The number of fused-ring (bicyclic) bond motifs is 1. The highest BCUT2D eigenvalue weighted by molar-refractivity contribution is 5.94. The van der Waals surface area contributed by atoms with Crippen LogP contribution in [0, 0.1) is 0 Å². The first kappa shape index (κ1) is 25.2. The Hall–Kier alpha value is -3.93. The monoisotopic (exact) mass is 483 g/mol. The molecule has 0 aliphatic rings. The minimum absolute atomic E-state index is 0.000858. The van der Waals surface area contributed by atoms with Gasteiger partial charge in [0, 0.05) is 12.1 Å². The van der Waals surface area contributed by atoms with Crippen LogP contribution in [0.2, 0.25) is 0 Å². The van der Waals surface area contributed by atoms with Crippen LogP contribution < -0.4 is 10.3 Å². The fraction of sp³-hybridized carbons (Fsp3) is 0.300. The molecule has 1 atom stereocenters. The number of benzene rings is 3. The first-order valence-corrected chi connectivity index (χ1v) is 12.2. The van der Waals surface area contributed by atoms with E-state index in [1.54, 1.807) is 22.6 Å². The fourth-order valence-electron chi connectivity index (χ4n) is 4.49. The summed E-state index contributed by atoms with van der Waals surface area (Å²) in [4.78, 5) is 34.1. The molecule has 1 unspecified atom stereocenters. The predicted molar refractivity (Wildman–Crippen MR) is 144 cm³/mol. The van der Waals surface area contributed by atoms with E-state index >= 15 is 0 Å². The number of carbonyl (C=O) groups is 1. The first-order chi connectivity index (χ1) is 17.2. The van der Waals surface area contributed by atoms with Crippen molar-refractivity contribution in [1.82, 2.24) is 14.5 Å². The Morgan fingerprint density at radius 1 is 1.00 bits per heavy atom. The number of aromatic nitrogens is 2. The van der Waals surface area contributed by atoms with Crippen LogP contribution >= 0.6 is 0 Å². The molecule has 0 spiro atoms. The smallest absolute Gasteiger partial charge is 0.266 e. The van der Waals surface area contributed by atoms with Crippen molar-refractivity contribution >= 4 is 16.8 Å². The Kier molecular flexibility index (Phi) is 6.97. The van der Waals surface area contributed by atoms with Crippen molar-refractivity contribution in [2.45, 2.75) is 46.1 Å². The minimum Gasteiger partial charge on any atom is -0.495 e. The molecule has 4 aromatic rings. The summed E-state index contributed by atoms with van der Waals surface area (Å²) in [5.41, 5.74) is 2.74. The number of carbonyl (C=O) groups excluding carboxylic acids is 1. The second-order valence-corrected chi connectivity index (χ2v) is 9.89. The van der Waals surface area contributed by atoms with Crippen molar-refractivity contribution in [2.75, 3.05) is 13.7 Å². The van der Waals surface area contributed by atoms with Crippen LogP contribution in [0.25, 0.3) is 16.6 Å². The van der Waals surface area contributed by atoms with Crippen LogP contribution in [0.4, 0.5) is 0 Å². The third kappa shape index (κ3) is 4.63. The summed E-state index contributed by atoms with van der Waals surface area (Å²) in [6.07, 6.45) is 0. The number of hydrogen-bond acceptors (Lipinski definition) is 4. The lowest BCUT2D eigenvalue weighted by Gasteiger charge is -2.30. The lowest BCUT2D eigenvalue weighted by Crippen LogP contribution is -2.37. The largest absolute Gasteiger partial charge is 0.495 e. The van der Waals surface area contributed by atoms with E-state index in [9.17, 15) is 9.59 Å². The van der Waals surface area contributed by atoms with Gasteiger partial charge < -0.3 is 9.64 Å². The number of para-hydroxylation sites is 3. The lowest BCUT2D eigenvalue weighted by atomic mass is 9.86. The second-order valence-electron chi connectivity index (χ2n) is 9.89. The summed E-state index contributed by atoms with van der Waals surface area (Å²) in [6.45, 7) is 10.7. The zero-order chi connectivity index (χ0) is 26.0. The van der Waals surface area contributed by atoms with Gasteiger partial charge in [-0.2, -0.15) is 0 Å². The van der Waals surface area contributed by atoms with E-state index in [4.69, 9.17) is 9.72 Å². The second kappa shape index (κ2) is 9.97. The Bertz CT molecular complexity index is 1450. The molecule has 0 aliphatic carbocycles. The van der Waals surface area contributed by atoms with Crippen LogP contribution in [0.15, 0.2) is 77.6 Å². The van der Waals surface area contributed by atoms with Gasteiger partial charge in [-0.25, -0.2) is 4.98 Å². The molecule has 0 aliphatic heterocycles. The third-order valence-electron chi connectivity index (χ3n) is 6.57. The molecule has 0 N–H and O–H groups in total. The highest BCUT2D eigenvalue weighted by atomic mass is 16.5. The van der Waals surface area contributed by atoms with Gasteiger partial charge in [-0.1, -0.05) is 57.2 Å². The summed E-state index contributed by atoms with van der Waals surface area (Å²) >= 11 is 0. The van der Waals surface area contributed by atoms with Crippen molar-refractivity contribution in [2.24, 2.45) is 0 Å². The highest BCUT2D eigenvalue weighted by Crippen LogP contribution is 2.29. The molecular formula is C30H33N3O3. The number of hydrogen-bond donors (Lipinski definition) is 0. The molecule has 1 aromatic heterocycles. The number of methoxy groups -OCH3 is 1. The lowest BCUT2D eigenvalue weighted by molar-refractivity contribution is 0.0693. The average Bonchev–Trinajstić information content (AvgIpc) is 2.88. The van der Waals surface area contributed by atoms with E-state index in [0.717, 1.165) is 5.56 Å². The van der Waals surface area contributed by atoms with Crippen LogP contribution in [-0.2, 0) is 5.41 Å². The van der Waals surface area contributed by atoms with Gasteiger partial charge in [-0.05, 0) is 61.2 Å². The van der Waals surface area contributed by atoms with Gasteiger partial charge in [-0.3, -0.25) is 14.2 Å². The quantitative estimate of drug-likeness (QED) is 0.342. The van der Waals surface area contributed by atoms with Crippen LogP contribution in [-0.4, -0.2) is 34.0 Å². The van der Waals surface area contributed by atoms with Crippen molar-refractivity contribution in [3.8, 4) is 11.4 Å². The summed E-state index contributed by atoms with van der Waals surface area (Å²) in [5.74, 6) is 0.918. The highest BCUT2D eigenvalue weighted by Gasteiger charge is 2.27. The standard InChI is InChI=1S/C30H33N3O3/c1-7-32(28(34)21-16-18-22(19-17-21)30(3,4)5)20(2)27-31-24-13-9-8-12-23(24)29(35)33(27)25-14-10-11-15-26(25)36-6/h8-20H,7H2,1-6H3. The molecule has 0 bridgehead atoms. The van der Waals surface area contributed by atoms with E-state index in [2.05, 4.69) is 20.8 Å². The fourth-order valence-corrected chi connectivity index (χ4v) is 4.49. The molecule has 36 heavy (non-hydrogen) atoms. The zero-order valence-corrected chi connectivity index (χ0v) is 21.8. The molecule has 186 valence electrons. The molecule has 0 saturated heterocycles. The van der Waals surface area contributed by atoms with Crippen molar-refractivity contribution in [3.63, 3.8) is 0 Å². The molecule has 4 rings (SSSR count). The van der Waals surface area contributed by atoms with Crippen molar-refractivity contribution in [3.05, 3.63) is 100 Å². The van der Waals surface area contributed by atoms with Gasteiger partial charge >= 0.3 is 0 Å². The molecular weight excluding hydrogens is 450 g/mol. The van der Waals surface area contributed by atoms with Gasteiger partial charge in [-0.15, -0.1) is 0 Å².